The molecule has 1 radical (unpaired) electrons. The van der Waals surface area contributed by atoms with Crippen LogP contribution in [0.1, 0.15) is 108 Å². The maximum atomic E-state index is 12.3. The van der Waals surface area contributed by atoms with Crippen LogP contribution in [-0.4, -0.2) is 67.0 Å². The second kappa shape index (κ2) is 25.8. The Hall–Kier alpha value is -3.67. The normalized spacial score (nSPS) is 18.3. The summed E-state index contributed by atoms with van der Waals surface area (Å²) in [5.74, 6) is 0.836. The fourth-order valence-corrected chi connectivity index (χ4v) is 16.8. The van der Waals surface area contributed by atoms with Crippen LogP contribution in [0.3, 0.4) is 0 Å². The van der Waals surface area contributed by atoms with Gasteiger partial charge in [0.1, 0.15) is 11.6 Å². The van der Waals surface area contributed by atoms with Crippen LogP contribution in [0.15, 0.2) is 103 Å². The highest BCUT2D eigenvalue weighted by atomic mass is 31.1. The number of hydrogen-bond donors (Lipinski definition) is 1. The van der Waals surface area contributed by atoms with Gasteiger partial charge in [0.2, 0.25) is 0 Å². The molecule has 3 aromatic carbocycles. The van der Waals surface area contributed by atoms with Gasteiger partial charge in [-0.2, -0.15) is 4.79 Å². The molecule has 0 amide bonds. The van der Waals surface area contributed by atoms with Gasteiger partial charge >= 0.3 is 7.56 Å². The SMILES string of the molecule is CC1(C)CC(=O)CC(C)(C)P1c1ccccc1-n1cccc1.CC1(C)CCC(=O)CC(C)(C)P1c1ccccc1-c1ccccc1.CC=[N+]=[N-].CCO.CC[B]F.FF. The first kappa shape index (κ1) is 53.4. The summed E-state index contributed by atoms with van der Waals surface area (Å²) in [6.45, 7) is 23.7. The van der Waals surface area contributed by atoms with Crippen LogP contribution in [0, 0.1) is 0 Å². The first-order chi connectivity index (χ1) is 27.9. The van der Waals surface area contributed by atoms with Gasteiger partial charge in [-0.1, -0.05) is 151 Å². The predicted molar refractivity (Wildman–Crippen MR) is 248 cm³/mol. The van der Waals surface area contributed by atoms with E-state index >= 15 is 0 Å². The third-order valence-corrected chi connectivity index (χ3v) is 17.1. The summed E-state index contributed by atoms with van der Waals surface area (Å²) >= 11 is 0. The summed E-state index contributed by atoms with van der Waals surface area (Å²) in [5.41, 5.74) is 11.3. The minimum absolute atomic E-state index is 0.0251. The van der Waals surface area contributed by atoms with Crippen molar-refractivity contribution in [2.75, 3.05) is 6.61 Å². The van der Waals surface area contributed by atoms with E-state index in [-0.39, 0.29) is 27.2 Å². The monoisotopic (exact) mass is 850 g/mol. The lowest BCUT2D eigenvalue weighted by molar-refractivity contribution is -0.120. The average molecular weight is 851 g/mol. The summed E-state index contributed by atoms with van der Waals surface area (Å²) in [5, 5.41) is 10.7. The quantitative estimate of drug-likeness (QED) is 0.0712. The Balaban J connectivity index is 0.000000458. The van der Waals surface area contributed by atoms with Crippen LogP contribution in [0.4, 0.5) is 13.5 Å². The highest BCUT2D eigenvalue weighted by molar-refractivity contribution is 7.69. The van der Waals surface area contributed by atoms with E-state index in [0.717, 1.165) is 12.8 Å². The molecular formula is C47H66BF3N3O3P2. The van der Waals surface area contributed by atoms with Crippen molar-refractivity contribution in [3.63, 3.8) is 0 Å². The Kier molecular flexibility index (Phi) is 23.4. The molecule has 0 aliphatic carbocycles. The largest absolute Gasteiger partial charge is 0.397 e. The number of halogens is 3. The number of aromatic nitrogens is 1. The minimum Gasteiger partial charge on any atom is -0.397 e. The third kappa shape index (κ3) is 16.0. The lowest BCUT2D eigenvalue weighted by Crippen LogP contribution is -2.43. The van der Waals surface area contributed by atoms with E-state index in [1.807, 2.05) is 0 Å². The molecule has 0 spiro atoms. The highest BCUT2D eigenvalue weighted by Crippen LogP contribution is 2.65. The number of aliphatic hydroxyl groups excluding tert-OH is 1. The fraction of sp³-hybridized carbons (Fsp3) is 0.468. The average Bonchev–Trinajstić information content (AvgIpc) is 3.71. The van der Waals surface area contributed by atoms with Crippen molar-refractivity contribution in [3.05, 3.63) is 109 Å². The molecule has 0 bridgehead atoms. The topological polar surface area (TPSA) is 95.7 Å². The molecule has 321 valence electrons. The number of carbonyl (C=O) groups excluding carboxylic acids is 2. The van der Waals surface area contributed by atoms with Crippen molar-refractivity contribution >= 4 is 51.8 Å². The number of hydrogen-bond acceptors (Lipinski definition) is 3. The minimum atomic E-state index is -0.472. The molecule has 2 aliphatic heterocycles. The molecule has 6 rings (SSSR count). The molecule has 6 nitrogen and oxygen atoms in total. The molecule has 1 unspecified atom stereocenters. The Morgan fingerprint density at radius 2 is 1.12 bits per heavy atom. The smallest absolute Gasteiger partial charge is 0.354 e. The number of benzene rings is 3. The van der Waals surface area contributed by atoms with E-state index in [9.17, 15) is 13.9 Å². The van der Waals surface area contributed by atoms with Crippen molar-refractivity contribution in [2.45, 2.75) is 135 Å². The predicted octanol–water partition coefficient (Wildman–Crippen LogP) is 12.4. The number of aliphatic hydroxyl groups is 1. The zero-order valence-corrected chi connectivity index (χ0v) is 38.8. The zero-order chi connectivity index (χ0) is 44.9. The van der Waals surface area contributed by atoms with Gasteiger partial charge in [-0.05, 0) is 74.9 Å². The highest BCUT2D eigenvalue weighted by Gasteiger charge is 2.48. The Labute approximate surface area is 355 Å². The summed E-state index contributed by atoms with van der Waals surface area (Å²) in [6.07, 6.45) is 9.84. The maximum Gasteiger partial charge on any atom is 0.354 e. The van der Waals surface area contributed by atoms with Crippen LogP contribution in [0.2, 0.25) is 6.32 Å². The van der Waals surface area contributed by atoms with Crippen molar-refractivity contribution in [2.24, 2.45) is 0 Å². The maximum absolute atomic E-state index is 12.3. The number of carbonyl (C=O) groups is 2. The van der Waals surface area contributed by atoms with Crippen LogP contribution < -0.4 is 10.6 Å². The van der Waals surface area contributed by atoms with Crippen LogP contribution in [-0.2, 0) is 9.59 Å². The molecule has 12 heteroatoms. The van der Waals surface area contributed by atoms with E-state index in [1.54, 1.807) is 20.8 Å². The van der Waals surface area contributed by atoms with Crippen molar-refractivity contribution < 1.29 is 32.9 Å². The van der Waals surface area contributed by atoms with Gasteiger partial charge in [-0.25, -0.2) is 0 Å². The number of rotatable bonds is 5. The van der Waals surface area contributed by atoms with Gasteiger partial charge in [-0.15, -0.1) is 0 Å². The molecule has 1 atom stereocenters. The second-order valence-corrected chi connectivity index (χ2v) is 23.9. The molecule has 3 heterocycles. The molecule has 2 saturated heterocycles. The Morgan fingerprint density at radius 3 is 1.59 bits per heavy atom. The van der Waals surface area contributed by atoms with E-state index in [0.29, 0.717) is 44.7 Å². The summed E-state index contributed by atoms with van der Waals surface area (Å²) in [7, 11) is -0.294. The van der Waals surface area contributed by atoms with Crippen LogP contribution >= 0.6 is 15.8 Å². The van der Waals surface area contributed by atoms with Gasteiger partial charge in [0.25, 0.3) is 6.21 Å². The second-order valence-electron chi connectivity index (χ2n) is 16.7. The van der Waals surface area contributed by atoms with Crippen LogP contribution in [0.25, 0.3) is 22.3 Å². The van der Waals surface area contributed by atoms with E-state index in [2.05, 4.69) is 168 Å². The van der Waals surface area contributed by atoms with E-state index < -0.39 is 15.8 Å². The Morgan fingerprint density at radius 1 is 0.712 bits per heavy atom. The van der Waals surface area contributed by atoms with Gasteiger partial charge in [0.05, 0.1) is 5.69 Å². The van der Waals surface area contributed by atoms with Crippen molar-refractivity contribution in [1.82, 2.24) is 4.57 Å². The molecule has 4 aromatic rings. The van der Waals surface area contributed by atoms with Gasteiger partial charge in [0.15, 0.2) is 0 Å². The van der Waals surface area contributed by atoms with E-state index in [1.165, 1.54) is 33.6 Å². The lowest BCUT2D eigenvalue weighted by atomic mass is 9.96. The Bertz CT molecular complexity index is 1860. The summed E-state index contributed by atoms with van der Waals surface area (Å²) < 4.78 is 28.8. The number of nitrogens with zero attached hydrogens (tertiary/aromatic N) is 3. The molecule has 1 N–H and O–H groups in total. The van der Waals surface area contributed by atoms with Gasteiger partial charge in [-0.3, -0.25) is 9.59 Å². The first-order valence-corrected chi connectivity index (χ1v) is 22.9. The third-order valence-electron chi connectivity index (χ3n) is 9.83. The number of para-hydroxylation sites is 1. The van der Waals surface area contributed by atoms with Gasteiger partial charge in [0, 0.05) is 66.1 Å². The number of Topliss-reactive ketones (excluding diaryl/α,β-unsaturated/α-hetero) is 2. The van der Waals surface area contributed by atoms with Crippen molar-refractivity contribution in [1.29, 1.82) is 0 Å². The number of ketones is 2. The molecule has 1 aromatic heterocycles. The standard InChI is InChI=1S/C22H27OP.C19H24NOP.C2H5BF.C2H4N2.C2H6O.F2/c1-21(2)15-14-18(23)16-22(3,4)24(21)20-13-9-8-12-19(20)17-10-6-5-7-11-17;1-18(2)13-15(21)14-19(3,4)22(18)17-10-6-5-9-16(17)20-11-7-8-12-20;1-2-3-4;1-2-4-3;1-2-3;1-2/h5-13H,14-16H2,1-4H3;5-12H,13-14H2,1-4H3;2H2,1H3;2H,1H3;3H,2H2,1H3;. The first-order valence-electron chi connectivity index (χ1n) is 20.2. The lowest BCUT2D eigenvalue weighted by Gasteiger charge is -2.49. The van der Waals surface area contributed by atoms with Gasteiger partial charge < -0.3 is 19.5 Å². The molecular weight excluding hydrogens is 784 g/mol. The van der Waals surface area contributed by atoms with Crippen molar-refractivity contribution in [3.8, 4) is 16.8 Å². The zero-order valence-electron chi connectivity index (χ0n) is 37.1. The molecule has 59 heavy (non-hydrogen) atoms. The molecule has 0 saturated carbocycles. The molecule has 2 aliphatic rings. The summed E-state index contributed by atoms with van der Waals surface area (Å²) in [6, 6.07) is 32.3. The van der Waals surface area contributed by atoms with Crippen LogP contribution in [0.5, 0.6) is 0 Å². The molecule has 2 fully saturated rings. The summed E-state index contributed by atoms with van der Waals surface area (Å²) in [4.78, 5) is 27.1. The fourth-order valence-electron chi connectivity index (χ4n) is 8.23. The van der Waals surface area contributed by atoms with E-state index in [4.69, 9.17) is 19.8 Å².